The van der Waals surface area contributed by atoms with Crippen LogP contribution in [0.15, 0.2) is 10.6 Å². The zero-order chi connectivity index (χ0) is 11.1. The molecule has 84 valence electrons. The first-order valence-electron chi connectivity index (χ1n) is 5.58. The summed E-state index contributed by atoms with van der Waals surface area (Å²) in [5.41, 5.74) is 0.300. The van der Waals surface area contributed by atoms with Crippen molar-refractivity contribution in [3.8, 4) is 0 Å². The van der Waals surface area contributed by atoms with Gasteiger partial charge < -0.3 is 0 Å². The number of hydrogen-bond acceptors (Lipinski definition) is 1. The molecule has 2 aliphatic rings. The number of Topliss-reactive ketones (excluding diaryl/α,β-unsaturated/α-hetero) is 1. The van der Waals surface area contributed by atoms with E-state index < -0.39 is 0 Å². The number of rotatable bonds is 1. The van der Waals surface area contributed by atoms with Crippen molar-refractivity contribution in [2.75, 3.05) is 0 Å². The Kier molecular flexibility index (Phi) is 3.14. The van der Waals surface area contributed by atoms with Crippen LogP contribution in [0.5, 0.6) is 0 Å². The third-order valence-electron chi connectivity index (χ3n) is 4.12. The molecule has 1 spiro atoms. The number of carbonyl (C=O) groups excluding carboxylic acids is 1. The van der Waals surface area contributed by atoms with Gasteiger partial charge in [0.2, 0.25) is 0 Å². The van der Waals surface area contributed by atoms with Crippen molar-refractivity contribution in [2.24, 2.45) is 17.3 Å². The van der Waals surface area contributed by atoms with Crippen molar-refractivity contribution in [1.29, 1.82) is 0 Å². The first-order valence-corrected chi connectivity index (χ1v) is 6.34. The number of carbonyl (C=O) groups is 1. The van der Waals surface area contributed by atoms with Crippen LogP contribution in [0.4, 0.5) is 0 Å². The molecular formula is C12H16Cl2O. The molecule has 0 amide bonds. The van der Waals surface area contributed by atoms with Crippen molar-refractivity contribution >= 4 is 29.0 Å². The molecule has 1 nitrogen and oxygen atoms in total. The second kappa shape index (κ2) is 4.10. The van der Waals surface area contributed by atoms with Gasteiger partial charge in [0, 0.05) is 12.3 Å². The summed E-state index contributed by atoms with van der Waals surface area (Å²) in [4.78, 5) is 11.9. The predicted molar refractivity (Wildman–Crippen MR) is 63.0 cm³/mol. The molecule has 2 rings (SSSR count). The van der Waals surface area contributed by atoms with Gasteiger partial charge in [-0.15, -0.1) is 0 Å². The van der Waals surface area contributed by atoms with Crippen molar-refractivity contribution in [3.63, 3.8) is 0 Å². The van der Waals surface area contributed by atoms with Gasteiger partial charge in [-0.1, -0.05) is 42.6 Å². The fourth-order valence-corrected chi connectivity index (χ4v) is 3.26. The summed E-state index contributed by atoms with van der Waals surface area (Å²) in [6.07, 6.45) is 7.39. The van der Waals surface area contributed by atoms with Crippen LogP contribution >= 0.6 is 23.2 Å². The molecule has 0 aromatic rings. The van der Waals surface area contributed by atoms with E-state index in [1.54, 1.807) is 0 Å². The van der Waals surface area contributed by atoms with E-state index in [0.717, 1.165) is 12.8 Å². The van der Waals surface area contributed by atoms with Gasteiger partial charge in [-0.2, -0.15) is 0 Å². The summed E-state index contributed by atoms with van der Waals surface area (Å²) < 4.78 is 0.302. The van der Waals surface area contributed by atoms with Crippen molar-refractivity contribution in [3.05, 3.63) is 10.6 Å². The van der Waals surface area contributed by atoms with Gasteiger partial charge >= 0.3 is 0 Å². The predicted octanol–water partition coefficient (Wildman–Crippen LogP) is 4.09. The lowest BCUT2D eigenvalue weighted by Crippen LogP contribution is -2.42. The quantitative estimate of drug-likeness (QED) is 0.682. The monoisotopic (exact) mass is 246 g/mol. The maximum atomic E-state index is 11.9. The minimum atomic E-state index is 0.0868. The largest absolute Gasteiger partial charge is 0.299 e. The van der Waals surface area contributed by atoms with Crippen LogP contribution < -0.4 is 0 Å². The molecule has 0 N–H and O–H groups in total. The van der Waals surface area contributed by atoms with Gasteiger partial charge in [-0.25, -0.2) is 0 Å². The van der Waals surface area contributed by atoms with Crippen LogP contribution in [-0.2, 0) is 4.79 Å². The van der Waals surface area contributed by atoms with Gasteiger partial charge in [0.05, 0.1) is 0 Å². The Balaban J connectivity index is 2.15. The SMILES string of the molecule is CC1C(=O)CC2(CCC2)CC1C=C(Cl)Cl. The standard InChI is InChI=1S/C12H16Cl2O/c1-8-9(5-11(13)14)6-12(3-2-4-12)7-10(8)15/h5,8-9H,2-4,6-7H2,1H3. The highest BCUT2D eigenvalue weighted by Gasteiger charge is 2.46. The third kappa shape index (κ3) is 2.24. The van der Waals surface area contributed by atoms with E-state index in [0.29, 0.717) is 15.7 Å². The molecule has 2 atom stereocenters. The summed E-state index contributed by atoms with van der Waals surface area (Å²) in [6, 6.07) is 0. The Morgan fingerprint density at radius 1 is 1.47 bits per heavy atom. The van der Waals surface area contributed by atoms with Crippen LogP contribution in [0.1, 0.15) is 39.0 Å². The number of hydrogen-bond donors (Lipinski definition) is 0. The molecule has 0 saturated heterocycles. The Bertz CT molecular complexity index is 301. The van der Waals surface area contributed by atoms with Crippen molar-refractivity contribution in [1.82, 2.24) is 0 Å². The highest BCUT2D eigenvalue weighted by Crippen LogP contribution is 2.53. The molecule has 3 heteroatoms. The Morgan fingerprint density at radius 3 is 2.60 bits per heavy atom. The van der Waals surface area contributed by atoms with E-state index >= 15 is 0 Å². The maximum Gasteiger partial charge on any atom is 0.136 e. The lowest BCUT2D eigenvalue weighted by atomic mass is 9.56. The van der Waals surface area contributed by atoms with Crippen molar-refractivity contribution < 1.29 is 4.79 Å². The average molecular weight is 247 g/mol. The molecule has 15 heavy (non-hydrogen) atoms. The van der Waals surface area contributed by atoms with Gasteiger partial charge in [-0.05, 0) is 30.6 Å². The second-order valence-corrected chi connectivity index (χ2v) is 6.12. The molecule has 0 aromatic carbocycles. The van der Waals surface area contributed by atoms with Crippen LogP contribution in [0.25, 0.3) is 0 Å². The fraction of sp³-hybridized carbons (Fsp3) is 0.750. The fourth-order valence-electron chi connectivity index (χ4n) is 2.94. The minimum absolute atomic E-state index is 0.0868. The summed E-state index contributed by atoms with van der Waals surface area (Å²) in [6.45, 7) is 1.99. The van der Waals surface area contributed by atoms with Gasteiger partial charge in [0.25, 0.3) is 0 Å². The molecular weight excluding hydrogens is 231 g/mol. The van der Waals surface area contributed by atoms with Crippen LogP contribution in [-0.4, -0.2) is 5.78 Å². The van der Waals surface area contributed by atoms with Gasteiger partial charge in [0.15, 0.2) is 0 Å². The molecule has 0 aromatic heterocycles. The third-order valence-corrected chi connectivity index (χ3v) is 4.37. The van der Waals surface area contributed by atoms with Gasteiger partial charge in [0.1, 0.15) is 10.3 Å². The normalized spacial score (nSPS) is 33.7. The van der Waals surface area contributed by atoms with Crippen LogP contribution in [0.3, 0.4) is 0 Å². The Hall–Kier alpha value is -0.0100. The molecule has 0 heterocycles. The Labute approximate surface area is 101 Å². The second-order valence-electron chi connectivity index (χ2n) is 5.11. The maximum absolute atomic E-state index is 11.9. The number of halogens is 2. The lowest BCUT2D eigenvalue weighted by molar-refractivity contribution is -0.132. The molecule has 0 bridgehead atoms. The molecule has 0 aliphatic heterocycles. The summed E-state index contributed by atoms with van der Waals surface area (Å²) >= 11 is 11.4. The minimum Gasteiger partial charge on any atom is -0.299 e. The zero-order valence-electron chi connectivity index (χ0n) is 8.93. The lowest BCUT2D eigenvalue weighted by Gasteiger charge is -2.48. The topological polar surface area (TPSA) is 17.1 Å². The number of allylic oxidation sites excluding steroid dienone is 1. The van der Waals surface area contributed by atoms with E-state index in [4.69, 9.17) is 23.2 Å². The van der Waals surface area contributed by atoms with Crippen LogP contribution in [0, 0.1) is 17.3 Å². The van der Waals surface area contributed by atoms with E-state index in [-0.39, 0.29) is 11.8 Å². The molecule has 2 fully saturated rings. The Morgan fingerprint density at radius 2 is 2.13 bits per heavy atom. The molecule has 0 radical (unpaired) electrons. The highest BCUT2D eigenvalue weighted by atomic mass is 35.5. The first kappa shape index (κ1) is 11.5. The average Bonchev–Trinajstić information content (AvgIpc) is 2.09. The van der Waals surface area contributed by atoms with E-state index in [2.05, 4.69) is 0 Å². The van der Waals surface area contributed by atoms with E-state index in [9.17, 15) is 4.79 Å². The van der Waals surface area contributed by atoms with Crippen molar-refractivity contribution in [2.45, 2.75) is 39.0 Å². The summed E-state index contributed by atoms with van der Waals surface area (Å²) in [5.74, 6) is 0.719. The van der Waals surface area contributed by atoms with Gasteiger partial charge in [-0.3, -0.25) is 4.79 Å². The van der Waals surface area contributed by atoms with E-state index in [1.165, 1.54) is 19.3 Å². The van der Waals surface area contributed by atoms with Crippen LogP contribution in [0.2, 0.25) is 0 Å². The molecule has 2 aliphatic carbocycles. The van der Waals surface area contributed by atoms with E-state index in [1.807, 2.05) is 13.0 Å². The number of ketones is 1. The highest BCUT2D eigenvalue weighted by molar-refractivity contribution is 6.55. The molecule has 2 saturated carbocycles. The summed E-state index contributed by atoms with van der Waals surface area (Å²) in [5, 5.41) is 0. The zero-order valence-corrected chi connectivity index (χ0v) is 10.4. The smallest absolute Gasteiger partial charge is 0.136 e. The summed E-state index contributed by atoms with van der Waals surface area (Å²) in [7, 11) is 0. The first-order chi connectivity index (χ1) is 7.02. The molecule has 2 unspecified atom stereocenters.